The Morgan fingerprint density at radius 1 is 1.05 bits per heavy atom. The quantitative estimate of drug-likeness (QED) is 0.521. The zero-order valence-electron chi connectivity index (χ0n) is 9.73. The summed E-state index contributed by atoms with van der Waals surface area (Å²) in [4.78, 5) is 0. The van der Waals surface area contributed by atoms with Gasteiger partial charge in [0, 0.05) is 10.5 Å². The van der Waals surface area contributed by atoms with Gasteiger partial charge in [0.05, 0.1) is 15.7 Å². The molecule has 3 aromatic rings. The summed E-state index contributed by atoms with van der Waals surface area (Å²) in [6.07, 6.45) is 0. The largest absolute Gasteiger partial charge is 0.453 e. The Bertz CT molecular complexity index is 807. The standard InChI is InChI=1S/C12H6BrCl2N3O2/c13-5-3-7(15)10(4-6(5)14)19-9-2-1-8(16)11-12(9)18-20-17-11/h1-4H,16H2. The highest BCUT2D eigenvalue weighted by Gasteiger charge is 2.14. The Labute approximate surface area is 131 Å². The highest BCUT2D eigenvalue weighted by atomic mass is 79.9. The van der Waals surface area contributed by atoms with Crippen LogP contribution < -0.4 is 10.5 Å². The normalized spacial score (nSPS) is 10.9. The Kier molecular flexibility index (Phi) is 3.45. The van der Waals surface area contributed by atoms with Crippen molar-refractivity contribution in [2.45, 2.75) is 0 Å². The third-order valence-electron chi connectivity index (χ3n) is 2.60. The lowest BCUT2D eigenvalue weighted by molar-refractivity contribution is 0.314. The van der Waals surface area contributed by atoms with Crippen LogP contribution >= 0.6 is 39.1 Å². The number of fused-ring (bicyclic) bond motifs is 1. The zero-order chi connectivity index (χ0) is 14.3. The number of nitrogens with two attached hydrogens (primary N) is 1. The van der Waals surface area contributed by atoms with Crippen LogP contribution in [0.25, 0.3) is 11.0 Å². The topological polar surface area (TPSA) is 74.2 Å². The van der Waals surface area contributed by atoms with Gasteiger partial charge in [-0.2, -0.15) is 0 Å². The van der Waals surface area contributed by atoms with Crippen molar-refractivity contribution in [3.05, 3.63) is 38.8 Å². The van der Waals surface area contributed by atoms with Crippen LogP contribution in [0.3, 0.4) is 0 Å². The number of benzene rings is 2. The van der Waals surface area contributed by atoms with E-state index in [-0.39, 0.29) is 0 Å². The molecule has 0 spiro atoms. The van der Waals surface area contributed by atoms with E-state index in [1.54, 1.807) is 24.3 Å². The molecular formula is C12H6BrCl2N3O2. The first-order chi connectivity index (χ1) is 9.56. The van der Waals surface area contributed by atoms with Crippen LogP contribution in [-0.2, 0) is 0 Å². The maximum absolute atomic E-state index is 6.11. The molecule has 3 rings (SSSR count). The molecule has 0 saturated heterocycles. The summed E-state index contributed by atoms with van der Waals surface area (Å²) in [6.45, 7) is 0. The molecule has 0 amide bonds. The molecule has 0 fully saturated rings. The number of halogens is 3. The van der Waals surface area contributed by atoms with Crippen LogP contribution in [0.1, 0.15) is 0 Å². The van der Waals surface area contributed by atoms with Crippen LogP contribution in [-0.4, -0.2) is 10.3 Å². The lowest BCUT2D eigenvalue weighted by atomic mass is 10.2. The fourth-order valence-electron chi connectivity index (χ4n) is 1.65. The zero-order valence-corrected chi connectivity index (χ0v) is 12.8. The highest BCUT2D eigenvalue weighted by molar-refractivity contribution is 9.10. The van der Waals surface area contributed by atoms with Gasteiger partial charge in [-0.1, -0.05) is 23.2 Å². The number of rotatable bonds is 2. The molecule has 0 atom stereocenters. The van der Waals surface area contributed by atoms with E-state index in [1.807, 2.05) is 0 Å². The van der Waals surface area contributed by atoms with E-state index >= 15 is 0 Å². The predicted octanol–water partition coefficient (Wildman–Crippen LogP) is 4.67. The monoisotopic (exact) mass is 373 g/mol. The Hall–Kier alpha value is -1.50. The van der Waals surface area contributed by atoms with Gasteiger partial charge in [-0.25, -0.2) is 4.63 Å². The van der Waals surface area contributed by atoms with E-state index in [0.29, 0.717) is 42.7 Å². The number of nitrogens with zero attached hydrogens (tertiary/aromatic N) is 2. The molecule has 5 nitrogen and oxygen atoms in total. The summed E-state index contributed by atoms with van der Waals surface area (Å²) in [7, 11) is 0. The minimum absolute atomic E-state index is 0.397. The number of aromatic nitrogens is 2. The van der Waals surface area contributed by atoms with E-state index < -0.39 is 0 Å². The van der Waals surface area contributed by atoms with Gasteiger partial charge in [0.25, 0.3) is 0 Å². The SMILES string of the molecule is Nc1ccc(Oc2cc(Cl)c(Br)cc2Cl)c2nonc12. The van der Waals surface area contributed by atoms with Crippen LogP contribution in [0, 0.1) is 0 Å². The van der Waals surface area contributed by atoms with Gasteiger partial charge in [-0.05, 0) is 44.4 Å². The molecule has 1 heterocycles. The smallest absolute Gasteiger partial charge is 0.179 e. The number of hydrogen-bond donors (Lipinski definition) is 1. The third kappa shape index (κ3) is 2.30. The van der Waals surface area contributed by atoms with E-state index in [1.165, 1.54) is 0 Å². The molecule has 0 aliphatic rings. The molecule has 0 radical (unpaired) electrons. The Morgan fingerprint density at radius 2 is 1.80 bits per heavy atom. The van der Waals surface area contributed by atoms with Gasteiger partial charge >= 0.3 is 0 Å². The van der Waals surface area contributed by atoms with Crippen molar-refractivity contribution in [2.75, 3.05) is 5.73 Å². The van der Waals surface area contributed by atoms with Crippen molar-refractivity contribution in [3.8, 4) is 11.5 Å². The highest BCUT2D eigenvalue weighted by Crippen LogP contribution is 2.38. The average molecular weight is 375 g/mol. The lowest BCUT2D eigenvalue weighted by Crippen LogP contribution is -1.91. The molecule has 1 aromatic heterocycles. The summed E-state index contributed by atoms with van der Waals surface area (Å²) in [5, 5.41) is 8.37. The number of ether oxygens (including phenoxy) is 1. The number of anilines is 1. The minimum Gasteiger partial charge on any atom is -0.453 e. The molecule has 0 saturated carbocycles. The molecule has 20 heavy (non-hydrogen) atoms. The molecule has 2 N–H and O–H groups in total. The van der Waals surface area contributed by atoms with Gasteiger partial charge in [-0.3, -0.25) is 0 Å². The summed E-state index contributed by atoms with van der Waals surface area (Å²) < 4.78 is 11.1. The molecule has 8 heteroatoms. The molecule has 0 unspecified atom stereocenters. The fraction of sp³-hybridized carbons (Fsp3) is 0. The maximum atomic E-state index is 6.11. The van der Waals surface area contributed by atoms with Crippen LogP contribution in [0.2, 0.25) is 10.0 Å². The molecule has 2 aromatic carbocycles. The van der Waals surface area contributed by atoms with E-state index in [4.69, 9.17) is 33.7 Å². The number of hydrogen-bond acceptors (Lipinski definition) is 5. The summed E-state index contributed by atoms with van der Waals surface area (Å²) in [5.74, 6) is 0.824. The second-order valence-corrected chi connectivity index (χ2v) is 5.58. The van der Waals surface area contributed by atoms with Gasteiger partial charge in [0.1, 0.15) is 5.75 Å². The Balaban J connectivity index is 2.08. The first kappa shape index (κ1) is 13.5. The van der Waals surface area contributed by atoms with Crippen LogP contribution in [0.15, 0.2) is 33.4 Å². The minimum atomic E-state index is 0.397. The van der Waals surface area contributed by atoms with E-state index in [9.17, 15) is 0 Å². The van der Waals surface area contributed by atoms with Crippen LogP contribution in [0.4, 0.5) is 5.69 Å². The summed E-state index contributed by atoms with van der Waals surface area (Å²) in [5.41, 5.74) is 7.07. The summed E-state index contributed by atoms with van der Waals surface area (Å²) in [6, 6.07) is 6.56. The van der Waals surface area contributed by atoms with Crippen LogP contribution in [0.5, 0.6) is 11.5 Å². The van der Waals surface area contributed by atoms with Crippen molar-refractivity contribution < 1.29 is 9.37 Å². The number of nitrogen functional groups attached to an aromatic ring is 1. The second-order valence-electron chi connectivity index (χ2n) is 3.91. The molecule has 0 aliphatic heterocycles. The predicted molar refractivity (Wildman–Crippen MR) is 80.5 cm³/mol. The fourth-order valence-corrected chi connectivity index (χ4v) is 2.48. The van der Waals surface area contributed by atoms with Gasteiger partial charge in [0.2, 0.25) is 0 Å². The Morgan fingerprint density at radius 3 is 2.60 bits per heavy atom. The van der Waals surface area contributed by atoms with Crippen molar-refractivity contribution in [2.24, 2.45) is 0 Å². The third-order valence-corrected chi connectivity index (χ3v) is 4.10. The lowest BCUT2D eigenvalue weighted by Gasteiger charge is -2.09. The molecular weight excluding hydrogens is 369 g/mol. The van der Waals surface area contributed by atoms with Crippen molar-refractivity contribution in [3.63, 3.8) is 0 Å². The molecule has 102 valence electrons. The van der Waals surface area contributed by atoms with Crippen molar-refractivity contribution >= 4 is 55.9 Å². The summed E-state index contributed by atoms with van der Waals surface area (Å²) >= 11 is 15.4. The van der Waals surface area contributed by atoms with Crippen molar-refractivity contribution in [1.29, 1.82) is 0 Å². The first-order valence-electron chi connectivity index (χ1n) is 5.39. The average Bonchev–Trinajstić information content (AvgIpc) is 2.89. The van der Waals surface area contributed by atoms with E-state index in [2.05, 4.69) is 30.9 Å². The second kappa shape index (κ2) is 5.12. The van der Waals surface area contributed by atoms with Gasteiger partial charge in [-0.15, -0.1) is 0 Å². The van der Waals surface area contributed by atoms with E-state index in [0.717, 1.165) is 0 Å². The molecule has 0 bridgehead atoms. The van der Waals surface area contributed by atoms with Crippen molar-refractivity contribution in [1.82, 2.24) is 10.3 Å². The maximum Gasteiger partial charge on any atom is 0.179 e. The first-order valence-corrected chi connectivity index (χ1v) is 6.94. The molecule has 0 aliphatic carbocycles. The van der Waals surface area contributed by atoms with Gasteiger partial charge < -0.3 is 10.5 Å². The van der Waals surface area contributed by atoms with Gasteiger partial charge in [0.15, 0.2) is 16.8 Å².